The Balaban J connectivity index is 1.78. The molecule has 0 bridgehead atoms. The molecule has 2 amide bonds. The van der Waals surface area contributed by atoms with Crippen LogP contribution in [0.1, 0.15) is 19.4 Å². The largest absolute Gasteiger partial charge is 0.508 e. The number of likely N-dealkylation sites (tertiary alicyclic amines) is 1. The summed E-state index contributed by atoms with van der Waals surface area (Å²) in [5.74, 6) is -0.169. The average molecular weight is 245 g/mol. The predicted molar refractivity (Wildman–Crippen MR) is 64.4 cm³/mol. The van der Waals surface area contributed by atoms with Crippen LogP contribution in [0.5, 0.6) is 5.75 Å². The molecule has 1 aliphatic heterocycles. The molecule has 1 saturated heterocycles. The molecule has 18 heavy (non-hydrogen) atoms. The fourth-order valence-electron chi connectivity index (χ4n) is 2.94. The van der Waals surface area contributed by atoms with Crippen LogP contribution in [0, 0.1) is 17.3 Å². The van der Waals surface area contributed by atoms with Crippen molar-refractivity contribution in [2.75, 3.05) is 0 Å². The molecule has 2 aliphatic rings. The number of phenolic OH excluding ortho intramolecular Hbond substituents is 1. The van der Waals surface area contributed by atoms with E-state index < -0.39 is 0 Å². The van der Waals surface area contributed by atoms with Gasteiger partial charge in [-0.25, -0.2) is 0 Å². The minimum atomic E-state index is -0.153. The van der Waals surface area contributed by atoms with E-state index in [4.69, 9.17) is 0 Å². The maximum absolute atomic E-state index is 12.1. The van der Waals surface area contributed by atoms with Crippen LogP contribution < -0.4 is 0 Å². The SMILES string of the molecule is CC1(C)C2C(=O)N(Cc3ccc(O)cc3)C(=O)C21. The van der Waals surface area contributed by atoms with Crippen LogP contribution in [-0.4, -0.2) is 21.8 Å². The lowest BCUT2D eigenvalue weighted by atomic mass is 10.1. The predicted octanol–water partition coefficient (Wildman–Crippen LogP) is 1.53. The minimum absolute atomic E-state index is 0.0527. The molecule has 1 aromatic carbocycles. The Hall–Kier alpha value is -1.84. The summed E-state index contributed by atoms with van der Waals surface area (Å²) in [6, 6.07) is 6.58. The summed E-state index contributed by atoms with van der Waals surface area (Å²) in [7, 11) is 0. The number of hydrogen-bond donors (Lipinski definition) is 1. The van der Waals surface area contributed by atoms with E-state index in [1.807, 2.05) is 13.8 Å². The summed E-state index contributed by atoms with van der Waals surface area (Å²) in [6.07, 6.45) is 0. The van der Waals surface area contributed by atoms with Crippen molar-refractivity contribution in [3.05, 3.63) is 29.8 Å². The maximum atomic E-state index is 12.1. The molecule has 4 nitrogen and oxygen atoms in total. The summed E-state index contributed by atoms with van der Waals surface area (Å²) in [5.41, 5.74) is 0.702. The first-order valence-corrected chi connectivity index (χ1v) is 6.06. The molecular weight excluding hydrogens is 230 g/mol. The number of benzene rings is 1. The van der Waals surface area contributed by atoms with Crippen molar-refractivity contribution in [1.82, 2.24) is 4.90 Å². The number of nitrogens with zero attached hydrogens (tertiary/aromatic N) is 1. The summed E-state index contributed by atoms with van der Waals surface area (Å²) in [5, 5.41) is 9.19. The lowest BCUT2D eigenvalue weighted by Gasteiger charge is -2.20. The van der Waals surface area contributed by atoms with Gasteiger partial charge in [0.15, 0.2) is 0 Å². The normalized spacial score (nSPS) is 28.4. The van der Waals surface area contributed by atoms with Gasteiger partial charge in [-0.05, 0) is 23.1 Å². The second-order valence-corrected chi connectivity index (χ2v) is 5.71. The Morgan fingerprint density at radius 3 is 2.11 bits per heavy atom. The van der Waals surface area contributed by atoms with E-state index in [-0.39, 0.29) is 34.8 Å². The number of fused-ring (bicyclic) bond motifs is 1. The molecule has 1 saturated carbocycles. The zero-order valence-electron chi connectivity index (χ0n) is 10.4. The Morgan fingerprint density at radius 1 is 1.11 bits per heavy atom. The lowest BCUT2D eigenvalue weighted by molar-refractivity contribution is -0.143. The Bertz CT molecular complexity index is 508. The van der Waals surface area contributed by atoms with Crippen LogP contribution in [0.15, 0.2) is 24.3 Å². The number of piperidine rings is 1. The molecule has 2 unspecified atom stereocenters. The molecule has 0 spiro atoms. The molecule has 1 aromatic rings. The zero-order chi connectivity index (χ0) is 13.1. The second kappa shape index (κ2) is 3.34. The average Bonchev–Trinajstić information content (AvgIpc) is 2.79. The lowest BCUT2D eigenvalue weighted by Crippen LogP contribution is -2.35. The van der Waals surface area contributed by atoms with E-state index in [9.17, 15) is 14.7 Å². The first kappa shape index (κ1) is 11.3. The third-order valence-corrected chi connectivity index (χ3v) is 4.17. The molecular formula is C14H15NO3. The van der Waals surface area contributed by atoms with Crippen LogP contribution in [0.4, 0.5) is 0 Å². The Labute approximate surface area is 105 Å². The van der Waals surface area contributed by atoms with Gasteiger partial charge in [-0.15, -0.1) is 0 Å². The standard InChI is InChI=1S/C14H15NO3/c1-14(2)10-11(14)13(18)15(12(10)17)7-8-3-5-9(16)6-4-8/h3-6,10-11,16H,7H2,1-2H3. The number of carbonyl (C=O) groups is 2. The number of amides is 2. The number of imide groups is 1. The number of aromatic hydroxyl groups is 1. The van der Waals surface area contributed by atoms with E-state index in [0.717, 1.165) is 5.56 Å². The first-order chi connectivity index (χ1) is 8.43. The molecule has 2 fully saturated rings. The highest BCUT2D eigenvalue weighted by molar-refractivity contribution is 6.10. The topological polar surface area (TPSA) is 57.6 Å². The van der Waals surface area contributed by atoms with Crippen molar-refractivity contribution in [2.24, 2.45) is 17.3 Å². The quantitative estimate of drug-likeness (QED) is 0.804. The summed E-state index contributed by atoms with van der Waals surface area (Å²) in [6.45, 7) is 4.24. The highest BCUT2D eigenvalue weighted by Crippen LogP contribution is 2.63. The van der Waals surface area contributed by atoms with E-state index >= 15 is 0 Å². The van der Waals surface area contributed by atoms with Gasteiger partial charge in [0.2, 0.25) is 11.8 Å². The van der Waals surface area contributed by atoms with Gasteiger partial charge in [0.1, 0.15) is 5.75 Å². The fraction of sp³-hybridized carbons (Fsp3) is 0.429. The van der Waals surface area contributed by atoms with Crippen LogP contribution in [0.25, 0.3) is 0 Å². The van der Waals surface area contributed by atoms with Gasteiger partial charge in [0.05, 0.1) is 18.4 Å². The van der Waals surface area contributed by atoms with Crippen molar-refractivity contribution in [3.63, 3.8) is 0 Å². The number of phenols is 1. The summed E-state index contributed by atoms with van der Waals surface area (Å²) < 4.78 is 0. The van der Waals surface area contributed by atoms with Crippen molar-refractivity contribution < 1.29 is 14.7 Å². The van der Waals surface area contributed by atoms with Crippen molar-refractivity contribution in [3.8, 4) is 5.75 Å². The first-order valence-electron chi connectivity index (χ1n) is 6.06. The summed E-state index contributed by atoms with van der Waals surface area (Å²) in [4.78, 5) is 25.5. The van der Waals surface area contributed by atoms with Crippen LogP contribution in [0.2, 0.25) is 0 Å². The molecule has 1 heterocycles. The Kier molecular flexibility index (Phi) is 2.09. The van der Waals surface area contributed by atoms with Crippen molar-refractivity contribution in [1.29, 1.82) is 0 Å². The number of carbonyl (C=O) groups excluding carboxylic acids is 2. The zero-order valence-corrected chi connectivity index (χ0v) is 10.4. The van der Waals surface area contributed by atoms with E-state index in [0.29, 0.717) is 6.54 Å². The number of hydrogen-bond acceptors (Lipinski definition) is 3. The highest BCUT2D eigenvalue weighted by Gasteiger charge is 2.72. The van der Waals surface area contributed by atoms with E-state index in [2.05, 4.69) is 0 Å². The Morgan fingerprint density at radius 2 is 1.61 bits per heavy atom. The molecule has 1 N–H and O–H groups in total. The maximum Gasteiger partial charge on any atom is 0.233 e. The highest BCUT2D eigenvalue weighted by atomic mass is 16.3. The third-order valence-electron chi connectivity index (χ3n) is 4.17. The van der Waals surface area contributed by atoms with Crippen molar-refractivity contribution in [2.45, 2.75) is 20.4 Å². The van der Waals surface area contributed by atoms with Crippen LogP contribution in [-0.2, 0) is 16.1 Å². The molecule has 0 aromatic heterocycles. The van der Waals surface area contributed by atoms with Gasteiger partial charge in [0.25, 0.3) is 0 Å². The van der Waals surface area contributed by atoms with Gasteiger partial charge < -0.3 is 5.11 Å². The minimum Gasteiger partial charge on any atom is -0.508 e. The van der Waals surface area contributed by atoms with Gasteiger partial charge in [-0.2, -0.15) is 0 Å². The molecule has 3 rings (SSSR count). The summed E-state index contributed by atoms with van der Waals surface area (Å²) >= 11 is 0. The molecule has 0 radical (unpaired) electrons. The van der Waals surface area contributed by atoms with Crippen LogP contribution in [0.3, 0.4) is 0 Å². The molecule has 94 valence electrons. The fourth-order valence-corrected chi connectivity index (χ4v) is 2.94. The molecule has 4 heteroatoms. The van der Waals surface area contributed by atoms with Gasteiger partial charge in [0, 0.05) is 0 Å². The van der Waals surface area contributed by atoms with Gasteiger partial charge in [-0.3, -0.25) is 14.5 Å². The second-order valence-electron chi connectivity index (χ2n) is 5.71. The van der Waals surface area contributed by atoms with Crippen LogP contribution >= 0.6 is 0 Å². The van der Waals surface area contributed by atoms with E-state index in [1.165, 1.54) is 4.90 Å². The number of rotatable bonds is 2. The van der Waals surface area contributed by atoms with Crippen molar-refractivity contribution >= 4 is 11.8 Å². The molecule has 1 aliphatic carbocycles. The van der Waals surface area contributed by atoms with E-state index in [1.54, 1.807) is 24.3 Å². The smallest absolute Gasteiger partial charge is 0.233 e. The molecule has 2 atom stereocenters. The van der Waals surface area contributed by atoms with Gasteiger partial charge >= 0.3 is 0 Å². The van der Waals surface area contributed by atoms with Gasteiger partial charge in [-0.1, -0.05) is 26.0 Å². The monoisotopic (exact) mass is 245 g/mol. The third kappa shape index (κ3) is 1.38.